The number of H-pyrrole nitrogens is 1. The van der Waals surface area contributed by atoms with E-state index in [0.717, 1.165) is 31.6 Å². The van der Waals surface area contributed by atoms with Gasteiger partial charge in [-0.2, -0.15) is 0 Å². The van der Waals surface area contributed by atoms with Gasteiger partial charge in [0.2, 0.25) is 5.91 Å². The third-order valence-corrected chi connectivity index (χ3v) is 2.86. The highest BCUT2D eigenvalue weighted by Crippen LogP contribution is 2.08. The van der Waals surface area contributed by atoms with Crippen LogP contribution in [0.5, 0.6) is 0 Å². The van der Waals surface area contributed by atoms with Gasteiger partial charge in [-0.05, 0) is 19.3 Å². The monoisotopic (exact) mass is 222 g/mol. The molecule has 2 N–H and O–H groups in total. The first kappa shape index (κ1) is 11.1. The maximum absolute atomic E-state index is 11.8. The Balaban J connectivity index is 1.67. The summed E-state index contributed by atoms with van der Waals surface area (Å²) < 4.78 is 0. The Morgan fingerprint density at radius 2 is 2.25 bits per heavy atom. The second-order valence-electron chi connectivity index (χ2n) is 4.12. The molecule has 0 atom stereocenters. The summed E-state index contributed by atoms with van der Waals surface area (Å²) >= 11 is 0. The summed E-state index contributed by atoms with van der Waals surface area (Å²) in [5.74, 6) is 0.208. The molecule has 1 aromatic heterocycles. The van der Waals surface area contributed by atoms with Gasteiger partial charge < -0.3 is 15.2 Å². The van der Waals surface area contributed by atoms with Gasteiger partial charge in [-0.25, -0.2) is 4.98 Å². The number of hydrogen-bond acceptors (Lipinski definition) is 3. The molecule has 1 fully saturated rings. The van der Waals surface area contributed by atoms with Crippen molar-refractivity contribution in [2.75, 3.05) is 19.6 Å². The van der Waals surface area contributed by atoms with E-state index in [2.05, 4.69) is 15.3 Å². The van der Waals surface area contributed by atoms with Gasteiger partial charge in [0.15, 0.2) is 0 Å². The topological polar surface area (TPSA) is 61.0 Å². The average molecular weight is 222 g/mol. The zero-order chi connectivity index (χ0) is 11.2. The number of piperidine rings is 1. The second-order valence-corrected chi connectivity index (χ2v) is 4.12. The van der Waals surface area contributed by atoms with E-state index < -0.39 is 0 Å². The molecule has 5 nitrogen and oxygen atoms in total. The number of amides is 1. The Labute approximate surface area is 95.2 Å². The molecule has 1 aromatic rings. The van der Waals surface area contributed by atoms with Crippen molar-refractivity contribution in [1.29, 1.82) is 0 Å². The number of carbonyl (C=O) groups excluding carboxylic acids is 1. The standard InChI is InChI=1S/C11H18N4O/c16-11(15-4-2-1-3-5-15)8-12-6-10-7-13-9-14-10/h7,9,12H,1-6,8H2,(H,13,14). The van der Waals surface area contributed by atoms with Gasteiger partial charge >= 0.3 is 0 Å². The molecule has 2 rings (SSSR count). The van der Waals surface area contributed by atoms with Gasteiger partial charge in [0.25, 0.3) is 0 Å². The number of nitrogens with one attached hydrogen (secondary N) is 2. The van der Waals surface area contributed by atoms with Crippen LogP contribution < -0.4 is 5.32 Å². The Morgan fingerprint density at radius 1 is 1.44 bits per heavy atom. The zero-order valence-electron chi connectivity index (χ0n) is 9.41. The number of aromatic amines is 1. The summed E-state index contributed by atoms with van der Waals surface area (Å²) in [6.07, 6.45) is 6.95. The Hall–Kier alpha value is -1.36. The van der Waals surface area contributed by atoms with E-state index in [-0.39, 0.29) is 5.91 Å². The number of aromatic nitrogens is 2. The fraction of sp³-hybridized carbons (Fsp3) is 0.636. The maximum atomic E-state index is 11.8. The molecule has 0 aliphatic carbocycles. The van der Waals surface area contributed by atoms with Gasteiger partial charge in [-0.1, -0.05) is 0 Å². The summed E-state index contributed by atoms with van der Waals surface area (Å²) in [7, 11) is 0. The second kappa shape index (κ2) is 5.65. The number of hydrogen-bond donors (Lipinski definition) is 2. The minimum absolute atomic E-state index is 0.208. The number of nitrogens with zero attached hydrogens (tertiary/aromatic N) is 2. The molecule has 0 saturated carbocycles. The van der Waals surface area contributed by atoms with Gasteiger partial charge in [0.05, 0.1) is 12.9 Å². The highest BCUT2D eigenvalue weighted by atomic mass is 16.2. The van der Waals surface area contributed by atoms with Gasteiger partial charge in [-0.15, -0.1) is 0 Å². The molecular formula is C11H18N4O. The van der Waals surface area contributed by atoms with Crippen molar-refractivity contribution < 1.29 is 4.79 Å². The van der Waals surface area contributed by atoms with E-state index in [9.17, 15) is 4.79 Å². The minimum Gasteiger partial charge on any atom is -0.347 e. The zero-order valence-corrected chi connectivity index (χ0v) is 9.41. The predicted molar refractivity (Wildman–Crippen MR) is 60.7 cm³/mol. The van der Waals surface area contributed by atoms with E-state index in [1.54, 1.807) is 12.5 Å². The van der Waals surface area contributed by atoms with Crippen molar-refractivity contribution in [1.82, 2.24) is 20.2 Å². The molecule has 16 heavy (non-hydrogen) atoms. The molecule has 1 saturated heterocycles. The Bertz CT molecular complexity index is 317. The molecule has 0 spiro atoms. The molecule has 1 aliphatic heterocycles. The highest BCUT2D eigenvalue weighted by molar-refractivity contribution is 5.78. The van der Waals surface area contributed by atoms with Crippen LogP contribution in [0.25, 0.3) is 0 Å². The minimum atomic E-state index is 0.208. The Kier molecular flexibility index (Phi) is 3.93. The fourth-order valence-corrected chi connectivity index (χ4v) is 1.94. The van der Waals surface area contributed by atoms with Crippen LogP contribution in [0.1, 0.15) is 25.0 Å². The molecule has 5 heteroatoms. The van der Waals surface area contributed by atoms with Crippen molar-refractivity contribution in [3.63, 3.8) is 0 Å². The van der Waals surface area contributed by atoms with E-state index in [4.69, 9.17) is 0 Å². The largest absolute Gasteiger partial charge is 0.347 e. The van der Waals surface area contributed by atoms with Crippen molar-refractivity contribution >= 4 is 5.91 Å². The van der Waals surface area contributed by atoms with Crippen LogP contribution >= 0.6 is 0 Å². The van der Waals surface area contributed by atoms with Gasteiger partial charge in [0.1, 0.15) is 0 Å². The summed E-state index contributed by atoms with van der Waals surface area (Å²) in [5.41, 5.74) is 1.01. The smallest absolute Gasteiger partial charge is 0.236 e. The third kappa shape index (κ3) is 3.06. The molecule has 0 radical (unpaired) electrons. The predicted octanol–water partition coefficient (Wildman–Crippen LogP) is 0.512. The van der Waals surface area contributed by atoms with Crippen molar-refractivity contribution in [2.24, 2.45) is 0 Å². The van der Waals surface area contributed by atoms with E-state index >= 15 is 0 Å². The van der Waals surface area contributed by atoms with E-state index in [1.807, 2.05) is 4.90 Å². The lowest BCUT2D eigenvalue weighted by molar-refractivity contribution is -0.131. The first-order chi connectivity index (χ1) is 7.86. The third-order valence-electron chi connectivity index (χ3n) is 2.86. The number of imidazole rings is 1. The van der Waals surface area contributed by atoms with Crippen molar-refractivity contribution in [3.05, 3.63) is 18.2 Å². The number of carbonyl (C=O) groups is 1. The summed E-state index contributed by atoms with van der Waals surface area (Å²) in [4.78, 5) is 20.6. The molecule has 1 amide bonds. The lowest BCUT2D eigenvalue weighted by atomic mass is 10.1. The van der Waals surface area contributed by atoms with E-state index in [0.29, 0.717) is 13.1 Å². The van der Waals surface area contributed by atoms with Crippen LogP contribution in [0.2, 0.25) is 0 Å². The number of rotatable bonds is 4. The molecule has 1 aliphatic rings. The van der Waals surface area contributed by atoms with Crippen molar-refractivity contribution in [3.8, 4) is 0 Å². The molecule has 0 aromatic carbocycles. The van der Waals surface area contributed by atoms with Crippen LogP contribution in [0, 0.1) is 0 Å². The molecule has 0 unspecified atom stereocenters. The summed E-state index contributed by atoms with van der Waals surface area (Å²) in [5, 5.41) is 3.12. The summed E-state index contributed by atoms with van der Waals surface area (Å²) in [6, 6.07) is 0. The molecular weight excluding hydrogens is 204 g/mol. The van der Waals surface area contributed by atoms with Gasteiger partial charge in [0, 0.05) is 31.5 Å². The lowest BCUT2D eigenvalue weighted by Crippen LogP contribution is -2.40. The maximum Gasteiger partial charge on any atom is 0.236 e. The first-order valence-electron chi connectivity index (χ1n) is 5.82. The van der Waals surface area contributed by atoms with Crippen LogP contribution in [-0.4, -0.2) is 40.4 Å². The normalized spacial score (nSPS) is 16.4. The Morgan fingerprint density at radius 3 is 2.94 bits per heavy atom. The fourth-order valence-electron chi connectivity index (χ4n) is 1.94. The summed E-state index contributed by atoms with van der Waals surface area (Å²) in [6.45, 7) is 2.92. The van der Waals surface area contributed by atoms with Crippen LogP contribution in [0.3, 0.4) is 0 Å². The van der Waals surface area contributed by atoms with Gasteiger partial charge in [-0.3, -0.25) is 4.79 Å². The number of likely N-dealkylation sites (tertiary alicyclic amines) is 1. The molecule has 0 bridgehead atoms. The quantitative estimate of drug-likeness (QED) is 0.780. The van der Waals surface area contributed by atoms with E-state index in [1.165, 1.54) is 6.42 Å². The highest BCUT2D eigenvalue weighted by Gasteiger charge is 2.15. The van der Waals surface area contributed by atoms with Crippen LogP contribution in [0.15, 0.2) is 12.5 Å². The van der Waals surface area contributed by atoms with Crippen LogP contribution in [0.4, 0.5) is 0 Å². The molecule has 2 heterocycles. The lowest BCUT2D eigenvalue weighted by Gasteiger charge is -2.26. The SMILES string of the molecule is O=C(CNCc1cnc[nH]1)N1CCCCC1. The molecule has 88 valence electrons. The van der Waals surface area contributed by atoms with Crippen molar-refractivity contribution in [2.45, 2.75) is 25.8 Å². The first-order valence-corrected chi connectivity index (χ1v) is 5.82. The van der Waals surface area contributed by atoms with Crippen LogP contribution in [-0.2, 0) is 11.3 Å². The average Bonchev–Trinajstić information content (AvgIpc) is 2.83.